The molecule has 0 unspecified atom stereocenters. The van der Waals surface area contributed by atoms with Crippen molar-refractivity contribution in [1.82, 2.24) is 0 Å². The summed E-state index contributed by atoms with van der Waals surface area (Å²) in [5.74, 6) is -0.810. The fourth-order valence-corrected chi connectivity index (χ4v) is 2.18. The minimum Gasteiger partial charge on any atom is -0.443 e. The van der Waals surface area contributed by atoms with Crippen LogP contribution in [0, 0.1) is 18.3 Å². The molecule has 0 saturated carbocycles. The van der Waals surface area contributed by atoms with Gasteiger partial charge in [0.05, 0.1) is 5.56 Å². The Kier molecular flexibility index (Phi) is 4.80. The number of nitriles is 1. The number of Topliss-reactive ketones (excluding diaryl/α,β-unsaturated/α-hetero) is 1. The van der Waals surface area contributed by atoms with Crippen molar-refractivity contribution in [2.75, 3.05) is 5.32 Å². The number of ether oxygens (including phenoxy) is 1. The fourth-order valence-electron chi connectivity index (χ4n) is 2.18. The number of furan rings is 1. The minimum atomic E-state index is -0.523. The number of carbonyl (C=O) groups excluding carboxylic acids is 3. The first-order valence-corrected chi connectivity index (χ1v) is 6.97. The molecule has 2 aromatic rings. The molecule has 0 aliphatic rings. The summed E-state index contributed by atoms with van der Waals surface area (Å²) in [7, 11) is 0. The van der Waals surface area contributed by atoms with Gasteiger partial charge in [-0.05, 0) is 38.1 Å². The van der Waals surface area contributed by atoms with E-state index in [0.29, 0.717) is 5.75 Å². The van der Waals surface area contributed by atoms with Crippen molar-refractivity contribution in [3.63, 3.8) is 0 Å². The normalized spacial score (nSPS) is 9.92. The van der Waals surface area contributed by atoms with Crippen molar-refractivity contribution in [2.24, 2.45) is 0 Å². The standard InChI is InChI=1S/C17H14N2O5/c1-9(20)15-10(2)23-17(14(15)8-18)19-16(22)12-4-6-13(7-5-12)24-11(3)21/h4-7H,1-3H3,(H,19,22). The van der Waals surface area contributed by atoms with Crippen LogP contribution < -0.4 is 10.1 Å². The average Bonchev–Trinajstić information content (AvgIpc) is 2.82. The molecule has 0 spiro atoms. The van der Waals surface area contributed by atoms with E-state index in [0.717, 1.165) is 0 Å². The van der Waals surface area contributed by atoms with E-state index >= 15 is 0 Å². The molecule has 7 heteroatoms. The number of hydrogen-bond donors (Lipinski definition) is 1. The van der Waals surface area contributed by atoms with Crippen LogP contribution in [0.1, 0.15) is 45.9 Å². The van der Waals surface area contributed by atoms with Gasteiger partial charge in [0.25, 0.3) is 5.91 Å². The van der Waals surface area contributed by atoms with E-state index in [9.17, 15) is 19.6 Å². The first-order chi connectivity index (χ1) is 11.3. The summed E-state index contributed by atoms with van der Waals surface area (Å²) in [6.45, 7) is 4.13. The van der Waals surface area contributed by atoms with Gasteiger partial charge in [-0.25, -0.2) is 0 Å². The van der Waals surface area contributed by atoms with Crippen LogP contribution in [0.5, 0.6) is 5.75 Å². The summed E-state index contributed by atoms with van der Waals surface area (Å²) in [5.41, 5.74) is 0.413. The van der Waals surface area contributed by atoms with Gasteiger partial charge < -0.3 is 9.15 Å². The number of carbonyl (C=O) groups is 3. The van der Waals surface area contributed by atoms with E-state index in [-0.39, 0.29) is 34.1 Å². The third-order valence-electron chi connectivity index (χ3n) is 3.15. The van der Waals surface area contributed by atoms with Crippen LogP contribution >= 0.6 is 0 Å². The maximum absolute atomic E-state index is 12.2. The maximum atomic E-state index is 12.2. The highest BCUT2D eigenvalue weighted by molar-refractivity contribution is 6.06. The average molecular weight is 326 g/mol. The number of aryl methyl sites for hydroxylation is 1. The number of nitrogens with zero attached hydrogens (tertiary/aromatic N) is 1. The van der Waals surface area contributed by atoms with Gasteiger partial charge in [0.2, 0.25) is 5.88 Å². The van der Waals surface area contributed by atoms with Crippen LogP contribution in [-0.2, 0) is 4.79 Å². The molecule has 1 aromatic heterocycles. The molecule has 1 N–H and O–H groups in total. The lowest BCUT2D eigenvalue weighted by Crippen LogP contribution is -2.12. The van der Waals surface area contributed by atoms with Gasteiger partial charge in [-0.15, -0.1) is 0 Å². The van der Waals surface area contributed by atoms with Gasteiger partial charge in [-0.3, -0.25) is 19.7 Å². The lowest BCUT2D eigenvalue weighted by Gasteiger charge is -2.04. The van der Waals surface area contributed by atoms with E-state index in [4.69, 9.17) is 9.15 Å². The van der Waals surface area contributed by atoms with Gasteiger partial charge in [0.15, 0.2) is 5.78 Å². The zero-order chi connectivity index (χ0) is 17.9. The molecule has 1 amide bonds. The molecule has 0 aliphatic carbocycles. The Morgan fingerprint density at radius 2 is 1.79 bits per heavy atom. The Hall–Kier alpha value is -3.40. The number of nitrogens with one attached hydrogen (secondary N) is 1. The summed E-state index contributed by atoms with van der Waals surface area (Å²) in [6.07, 6.45) is 0. The first kappa shape index (κ1) is 17.0. The molecule has 0 bridgehead atoms. The molecule has 122 valence electrons. The number of esters is 1. The molecule has 1 heterocycles. The molecule has 0 aliphatic heterocycles. The highest BCUT2D eigenvalue weighted by atomic mass is 16.5. The lowest BCUT2D eigenvalue weighted by atomic mass is 10.1. The Labute approximate surface area is 137 Å². The van der Waals surface area contributed by atoms with E-state index in [2.05, 4.69) is 5.32 Å². The molecule has 0 radical (unpaired) electrons. The molecule has 0 fully saturated rings. The maximum Gasteiger partial charge on any atom is 0.308 e. The van der Waals surface area contributed by atoms with Crippen molar-refractivity contribution < 1.29 is 23.5 Å². The monoisotopic (exact) mass is 326 g/mol. The van der Waals surface area contributed by atoms with Crippen molar-refractivity contribution in [3.8, 4) is 11.8 Å². The van der Waals surface area contributed by atoms with Gasteiger partial charge >= 0.3 is 5.97 Å². The van der Waals surface area contributed by atoms with Gasteiger partial charge in [0.1, 0.15) is 23.1 Å². The zero-order valence-corrected chi connectivity index (χ0v) is 13.3. The fraction of sp³-hybridized carbons (Fsp3) is 0.176. The van der Waals surface area contributed by atoms with Crippen molar-refractivity contribution in [2.45, 2.75) is 20.8 Å². The summed E-state index contributed by atoms with van der Waals surface area (Å²) in [6, 6.07) is 7.72. The number of benzene rings is 1. The highest BCUT2D eigenvalue weighted by Crippen LogP contribution is 2.27. The van der Waals surface area contributed by atoms with Gasteiger partial charge in [0, 0.05) is 12.5 Å². The predicted octanol–water partition coefficient (Wildman–Crippen LogP) is 2.84. The van der Waals surface area contributed by atoms with Crippen LogP contribution in [-0.4, -0.2) is 17.7 Å². The summed E-state index contributed by atoms with van der Waals surface area (Å²) < 4.78 is 10.2. The second-order valence-corrected chi connectivity index (χ2v) is 4.98. The largest absolute Gasteiger partial charge is 0.443 e. The van der Waals surface area contributed by atoms with Crippen molar-refractivity contribution in [1.29, 1.82) is 5.26 Å². The third-order valence-corrected chi connectivity index (χ3v) is 3.15. The van der Waals surface area contributed by atoms with Crippen LogP contribution in [0.15, 0.2) is 28.7 Å². The second-order valence-electron chi connectivity index (χ2n) is 4.98. The summed E-state index contributed by atoms with van der Waals surface area (Å²) in [5, 5.41) is 11.7. The number of anilines is 1. The molecule has 7 nitrogen and oxygen atoms in total. The van der Waals surface area contributed by atoms with Crippen LogP contribution in [0.4, 0.5) is 5.88 Å². The van der Waals surface area contributed by atoms with Crippen LogP contribution in [0.3, 0.4) is 0 Å². The summed E-state index contributed by atoms with van der Waals surface area (Å²) >= 11 is 0. The molecule has 0 saturated heterocycles. The van der Waals surface area contributed by atoms with Gasteiger partial charge in [-0.1, -0.05) is 0 Å². The number of ketones is 1. The number of rotatable bonds is 4. The molecule has 0 atom stereocenters. The molecular weight excluding hydrogens is 312 g/mol. The molecular formula is C17H14N2O5. The lowest BCUT2D eigenvalue weighted by molar-refractivity contribution is -0.131. The van der Waals surface area contributed by atoms with Crippen LogP contribution in [0.25, 0.3) is 0 Å². The smallest absolute Gasteiger partial charge is 0.308 e. The highest BCUT2D eigenvalue weighted by Gasteiger charge is 2.22. The van der Waals surface area contributed by atoms with Crippen molar-refractivity contribution in [3.05, 3.63) is 46.7 Å². The molecule has 1 aromatic carbocycles. The Bertz CT molecular complexity index is 856. The van der Waals surface area contributed by atoms with E-state index < -0.39 is 11.9 Å². The summed E-state index contributed by atoms with van der Waals surface area (Å²) in [4.78, 5) is 34.7. The second kappa shape index (κ2) is 6.79. The topological polar surface area (TPSA) is 109 Å². The molecule has 24 heavy (non-hydrogen) atoms. The third kappa shape index (κ3) is 3.50. The van der Waals surface area contributed by atoms with E-state index in [1.165, 1.54) is 38.1 Å². The quantitative estimate of drug-likeness (QED) is 0.525. The number of hydrogen-bond acceptors (Lipinski definition) is 6. The zero-order valence-electron chi connectivity index (χ0n) is 13.3. The van der Waals surface area contributed by atoms with E-state index in [1.54, 1.807) is 6.92 Å². The predicted molar refractivity (Wildman–Crippen MR) is 83.9 cm³/mol. The molecule has 2 rings (SSSR count). The SMILES string of the molecule is CC(=O)Oc1ccc(C(=O)Nc2oc(C)c(C(C)=O)c2C#N)cc1. The Morgan fingerprint density at radius 3 is 2.29 bits per heavy atom. The van der Waals surface area contributed by atoms with Crippen molar-refractivity contribution >= 4 is 23.5 Å². The number of amides is 1. The Morgan fingerprint density at radius 1 is 1.17 bits per heavy atom. The van der Waals surface area contributed by atoms with E-state index in [1.807, 2.05) is 6.07 Å². The van der Waals surface area contributed by atoms with Crippen LogP contribution in [0.2, 0.25) is 0 Å². The van der Waals surface area contributed by atoms with Gasteiger partial charge in [-0.2, -0.15) is 5.26 Å². The Balaban J connectivity index is 2.24. The minimum absolute atomic E-state index is 0.00937. The first-order valence-electron chi connectivity index (χ1n) is 6.97.